The molecule has 0 aliphatic rings. The zero-order valence-electron chi connectivity index (χ0n) is 11.0. The van der Waals surface area contributed by atoms with Gasteiger partial charge in [-0.3, -0.25) is 4.98 Å². The van der Waals surface area contributed by atoms with Gasteiger partial charge in [-0.25, -0.2) is 0 Å². The minimum atomic E-state index is 0.273. The molecule has 0 saturated heterocycles. The number of nitrogens with one attached hydrogen (secondary N) is 1. The molecule has 7 nitrogen and oxygen atoms in total. The first kappa shape index (κ1) is 12.9. The molecule has 3 aromatic rings. The molecular formula is C14H12N6O. The van der Waals surface area contributed by atoms with Crippen LogP contribution in [0.4, 0.5) is 0 Å². The van der Waals surface area contributed by atoms with Crippen LogP contribution in [0.2, 0.25) is 0 Å². The molecule has 1 N–H and O–H groups in total. The molecule has 0 saturated carbocycles. The number of rotatable bonds is 5. The second-order valence-corrected chi connectivity index (χ2v) is 4.14. The molecule has 21 heavy (non-hydrogen) atoms. The van der Waals surface area contributed by atoms with Crippen molar-refractivity contribution in [3.05, 3.63) is 71.8 Å². The standard InChI is InChI=1S/C14H12N6O/c1-2-6-11(7-3-1)13(14-16-19-20-17-14)18-21-10-12-8-4-5-9-15-12/h1-9H,10H2,(H,16,17,19,20)/b18-13-. The second-order valence-electron chi connectivity index (χ2n) is 4.14. The van der Waals surface area contributed by atoms with Crippen molar-refractivity contribution in [3.8, 4) is 0 Å². The molecule has 0 unspecified atom stereocenters. The third-order valence-corrected chi connectivity index (χ3v) is 2.70. The molecular weight excluding hydrogens is 268 g/mol. The Morgan fingerprint density at radius 2 is 1.95 bits per heavy atom. The van der Waals surface area contributed by atoms with Crippen molar-refractivity contribution in [2.24, 2.45) is 5.16 Å². The topological polar surface area (TPSA) is 88.9 Å². The number of pyridine rings is 1. The van der Waals surface area contributed by atoms with E-state index in [0.29, 0.717) is 11.5 Å². The van der Waals surface area contributed by atoms with E-state index in [0.717, 1.165) is 11.3 Å². The number of hydrogen-bond acceptors (Lipinski definition) is 6. The molecule has 7 heteroatoms. The Kier molecular flexibility index (Phi) is 3.92. The molecule has 0 bridgehead atoms. The first-order valence-corrected chi connectivity index (χ1v) is 6.32. The largest absolute Gasteiger partial charge is 0.389 e. The van der Waals surface area contributed by atoms with Crippen LogP contribution in [0.1, 0.15) is 17.1 Å². The average Bonchev–Trinajstić information content (AvgIpc) is 3.07. The molecule has 0 spiro atoms. The van der Waals surface area contributed by atoms with E-state index in [1.165, 1.54) is 0 Å². The zero-order chi connectivity index (χ0) is 14.3. The van der Waals surface area contributed by atoms with Gasteiger partial charge in [0.1, 0.15) is 0 Å². The quantitative estimate of drug-likeness (QED) is 0.566. The molecule has 0 aliphatic heterocycles. The summed E-state index contributed by atoms with van der Waals surface area (Å²) in [5.74, 6) is 0.377. The molecule has 3 rings (SSSR count). The van der Waals surface area contributed by atoms with Crippen LogP contribution >= 0.6 is 0 Å². The first-order valence-electron chi connectivity index (χ1n) is 6.32. The van der Waals surface area contributed by atoms with E-state index in [1.807, 2.05) is 48.5 Å². The molecule has 104 valence electrons. The highest BCUT2D eigenvalue weighted by Gasteiger charge is 2.12. The predicted octanol–water partition coefficient (Wildman–Crippen LogP) is 1.56. The fourth-order valence-corrected chi connectivity index (χ4v) is 1.73. The molecule has 0 fully saturated rings. The van der Waals surface area contributed by atoms with E-state index in [1.54, 1.807) is 6.20 Å². The van der Waals surface area contributed by atoms with Crippen LogP contribution in [-0.4, -0.2) is 31.3 Å². The molecule has 0 radical (unpaired) electrons. The van der Waals surface area contributed by atoms with Crippen molar-refractivity contribution in [1.29, 1.82) is 0 Å². The number of oxime groups is 1. The Hall–Kier alpha value is -3.09. The Morgan fingerprint density at radius 1 is 1.10 bits per heavy atom. The maximum Gasteiger partial charge on any atom is 0.226 e. The van der Waals surface area contributed by atoms with E-state index in [9.17, 15) is 0 Å². The summed E-state index contributed by atoms with van der Waals surface area (Å²) in [6.07, 6.45) is 1.71. The molecule has 0 aliphatic carbocycles. The monoisotopic (exact) mass is 280 g/mol. The third-order valence-electron chi connectivity index (χ3n) is 2.70. The van der Waals surface area contributed by atoms with Gasteiger partial charge in [0.25, 0.3) is 0 Å². The summed E-state index contributed by atoms with van der Waals surface area (Å²) in [6.45, 7) is 0.273. The van der Waals surface area contributed by atoms with E-state index in [4.69, 9.17) is 4.84 Å². The van der Waals surface area contributed by atoms with Gasteiger partial charge < -0.3 is 4.84 Å². The van der Waals surface area contributed by atoms with Crippen molar-refractivity contribution < 1.29 is 4.84 Å². The van der Waals surface area contributed by atoms with Crippen molar-refractivity contribution >= 4 is 5.71 Å². The van der Waals surface area contributed by atoms with Gasteiger partial charge in [-0.2, -0.15) is 5.21 Å². The van der Waals surface area contributed by atoms with Crippen molar-refractivity contribution in [1.82, 2.24) is 25.6 Å². The number of benzene rings is 1. The summed E-state index contributed by atoms with van der Waals surface area (Å²) in [5, 5.41) is 18.0. The number of hydrogen-bond donors (Lipinski definition) is 1. The van der Waals surface area contributed by atoms with Crippen LogP contribution < -0.4 is 0 Å². The fourth-order valence-electron chi connectivity index (χ4n) is 1.73. The lowest BCUT2D eigenvalue weighted by atomic mass is 10.1. The van der Waals surface area contributed by atoms with Gasteiger partial charge in [0, 0.05) is 11.8 Å². The summed E-state index contributed by atoms with van der Waals surface area (Å²) in [4.78, 5) is 9.53. The predicted molar refractivity (Wildman–Crippen MR) is 75.3 cm³/mol. The minimum Gasteiger partial charge on any atom is -0.389 e. The molecule has 2 heterocycles. The van der Waals surface area contributed by atoms with Crippen molar-refractivity contribution in [3.63, 3.8) is 0 Å². The molecule has 0 amide bonds. The lowest BCUT2D eigenvalue weighted by Crippen LogP contribution is -2.07. The summed E-state index contributed by atoms with van der Waals surface area (Å²) in [5.41, 5.74) is 2.15. The first-order chi connectivity index (χ1) is 10.4. The third kappa shape index (κ3) is 3.27. The van der Waals surface area contributed by atoms with Gasteiger partial charge in [-0.15, -0.1) is 10.2 Å². The number of tetrazole rings is 1. The maximum atomic E-state index is 5.36. The summed E-state index contributed by atoms with van der Waals surface area (Å²) < 4.78 is 0. The summed E-state index contributed by atoms with van der Waals surface area (Å²) in [6, 6.07) is 15.2. The van der Waals surface area contributed by atoms with Crippen molar-refractivity contribution in [2.45, 2.75) is 6.61 Å². The fraction of sp³-hybridized carbons (Fsp3) is 0.0714. The number of aromatic amines is 1. The highest BCUT2D eigenvalue weighted by molar-refractivity contribution is 6.10. The number of H-pyrrole nitrogens is 1. The van der Waals surface area contributed by atoms with Gasteiger partial charge in [0.2, 0.25) is 5.82 Å². The van der Waals surface area contributed by atoms with E-state index in [-0.39, 0.29) is 6.61 Å². The van der Waals surface area contributed by atoms with Crippen LogP contribution in [0.15, 0.2) is 59.9 Å². The normalized spacial score (nSPS) is 11.3. The van der Waals surface area contributed by atoms with Crippen molar-refractivity contribution in [2.75, 3.05) is 0 Å². The highest BCUT2D eigenvalue weighted by Crippen LogP contribution is 2.07. The van der Waals surface area contributed by atoms with Crippen LogP contribution in [0.25, 0.3) is 0 Å². The minimum absolute atomic E-state index is 0.273. The van der Waals surface area contributed by atoms with E-state index >= 15 is 0 Å². The smallest absolute Gasteiger partial charge is 0.226 e. The second kappa shape index (κ2) is 6.38. The van der Waals surface area contributed by atoms with Crippen LogP contribution in [0.3, 0.4) is 0 Å². The molecule has 2 aromatic heterocycles. The summed E-state index contributed by atoms with van der Waals surface area (Å²) >= 11 is 0. The SMILES string of the molecule is c1ccc(/C(=N/OCc2ccccn2)c2nn[nH]n2)cc1. The molecule has 0 atom stereocenters. The zero-order valence-corrected chi connectivity index (χ0v) is 11.0. The van der Waals surface area contributed by atoms with E-state index < -0.39 is 0 Å². The lowest BCUT2D eigenvalue weighted by molar-refractivity contribution is 0.128. The average molecular weight is 280 g/mol. The highest BCUT2D eigenvalue weighted by atomic mass is 16.6. The van der Waals surface area contributed by atoms with Gasteiger partial charge >= 0.3 is 0 Å². The Labute approximate surface area is 120 Å². The Morgan fingerprint density at radius 3 is 2.67 bits per heavy atom. The van der Waals surface area contributed by atoms with Crippen LogP contribution in [0.5, 0.6) is 0 Å². The van der Waals surface area contributed by atoms with Gasteiger partial charge in [-0.05, 0) is 17.3 Å². The Balaban J connectivity index is 1.81. The maximum absolute atomic E-state index is 5.36. The van der Waals surface area contributed by atoms with Gasteiger partial charge in [-0.1, -0.05) is 41.6 Å². The van der Waals surface area contributed by atoms with Crippen LogP contribution in [-0.2, 0) is 11.4 Å². The van der Waals surface area contributed by atoms with E-state index in [2.05, 4.69) is 30.8 Å². The van der Waals surface area contributed by atoms with Gasteiger partial charge in [0.05, 0.1) is 5.69 Å². The number of aromatic nitrogens is 5. The summed E-state index contributed by atoms with van der Waals surface area (Å²) in [7, 11) is 0. The van der Waals surface area contributed by atoms with Crippen LogP contribution in [0, 0.1) is 0 Å². The number of nitrogens with zero attached hydrogens (tertiary/aromatic N) is 5. The molecule has 1 aromatic carbocycles. The Bertz CT molecular complexity index is 697. The van der Waals surface area contributed by atoms with Gasteiger partial charge in [0.15, 0.2) is 12.3 Å². The lowest BCUT2D eigenvalue weighted by Gasteiger charge is -2.03.